The summed E-state index contributed by atoms with van der Waals surface area (Å²) in [6.45, 7) is 5.81. The Kier molecular flexibility index (Phi) is 5.75. The van der Waals surface area contributed by atoms with Crippen molar-refractivity contribution in [2.75, 3.05) is 11.8 Å². The van der Waals surface area contributed by atoms with Gasteiger partial charge in [-0.05, 0) is 47.7 Å². The molecule has 3 rings (SSSR count). The van der Waals surface area contributed by atoms with Crippen molar-refractivity contribution in [3.05, 3.63) is 77.9 Å². The standard InChI is InChI=1S/C23H25NO3S/c1-16(2)20-15-23(17(3)14-22(20)27-4)28(25,26)24-21-13-9-8-12-19(21)18-10-6-5-7-11-18/h5-16,24H,1-4H3. The van der Waals surface area contributed by atoms with E-state index in [9.17, 15) is 8.42 Å². The van der Waals surface area contributed by atoms with E-state index in [1.54, 1.807) is 32.2 Å². The largest absolute Gasteiger partial charge is 0.496 e. The molecular formula is C23H25NO3S. The van der Waals surface area contributed by atoms with Crippen LogP contribution >= 0.6 is 0 Å². The number of para-hydroxylation sites is 1. The molecule has 0 aliphatic rings. The van der Waals surface area contributed by atoms with E-state index in [4.69, 9.17) is 4.74 Å². The summed E-state index contributed by atoms with van der Waals surface area (Å²) in [7, 11) is -2.16. The third kappa shape index (κ3) is 4.04. The van der Waals surface area contributed by atoms with Crippen molar-refractivity contribution >= 4 is 15.7 Å². The highest BCUT2D eigenvalue weighted by Gasteiger charge is 2.22. The Labute approximate surface area is 167 Å². The highest BCUT2D eigenvalue weighted by molar-refractivity contribution is 7.92. The Morgan fingerprint density at radius 1 is 0.929 bits per heavy atom. The number of sulfonamides is 1. The topological polar surface area (TPSA) is 55.4 Å². The van der Waals surface area contributed by atoms with Crippen LogP contribution in [0.25, 0.3) is 11.1 Å². The van der Waals surface area contributed by atoms with E-state index in [1.165, 1.54) is 0 Å². The maximum absolute atomic E-state index is 13.2. The fraction of sp³-hybridized carbons (Fsp3) is 0.217. The molecule has 0 spiro atoms. The van der Waals surface area contributed by atoms with Crippen LogP contribution < -0.4 is 9.46 Å². The lowest BCUT2D eigenvalue weighted by Crippen LogP contribution is -2.15. The predicted molar refractivity (Wildman–Crippen MR) is 115 cm³/mol. The van der Waals surface area contributed by atoms with Gasteiger partial charge in [0.1, 0.15) is 5.75 Å². The zero-order valence-electron chi connectivity index (χ0n) is 16.6. The average Bonchev–Trinajstić information content (AvgIpc) is 2.68. The second-order valence-corrected chi connectivity index (χ2v) is 8.68. The Bertz CT molecular complexity index is 1070. The normalized spacial score (nSPS) is 11.5. The number of ether oxygens (including phenoxy) is 1. The second kappa shape index (κ2) is 8.07. The molecular weight excluding hydrogens is 370 g/mol. The van der Waals surface area contributed by atoms with Crippen molar-refractivity contribution in [3.63, 3.8) is 0 Å². The molecule has 4 nitrogen and oxygen atoms in total. The molecule has 3 aromatic carbocycles. The third-order valence-corrected chi connectivity index (χ3v) is 6.20. The predicted octanol–water partition coefficient (Wildman–Crippen LogP) is 5.59. The average molecular weight is 396 g/mol. The summed E-state index contributed by atoms with van der Waals surface area (Å²) in [6, 6.07) is 20.6. The van der Waals surface area contributed by atoms with Gasteiger partial charge in [-0.25, -0.2) is 8.42 Å². The van der Waals surface area contributed by atoms with Crippen molar-refractivity contribution in [1.82, 2.24) is 0 Å². The van der Waals surface area contributed by atoms with Gasteiger partial charge in [0.15, 0.2) is 0 Å². The summed E-state index contributed by atoms with van der Waals surface area (Å²) in [5.74, 6) is 0.845. The van der Waals surface area contributed by atoms with Gasteiger partial charge in [-0.2, -0.15) is 0 Å². The molecule has 0 fully saturated rings. The Morgan fingerprint density at radius 2 is 1.57 bits per heavy atom. The van der Waals surface area contributed by atoms with Gasteiger partial charge in [0.05, 0.1) is 17.7 Å². The summed E-state index contributed by atoms with van der Waals surface area (Å²) >= 11 is 0. The first-order valence-corrected chi connectivity index (χ1v) is 10.7. The molecule has 0 aliphatic heterocycles. The molecule has 0 saturated carbocycles. The summed E-state index contributed by atoms with van der Waals surface area (Å²) in [6.07, 6.45) is 0. The lowest BCUT2D eigenvalue weighted by atomic mass is 10.0. The van der Waals surface area contributed by atoms with Gasteiger partial charge in [0.25, 0.3) is 10.0 Å². The molecule has 0 saturated heterocycles. The van der Waals surface area contributed by atoms with Gasteiger partial charge in [0, 0.05) is 5.56 Å². The van der Waals surface area contributed by atoms with E-state index in [1.807, 2.05) is 62.4 Å². The quantitative estimate of drug-likeness (QED) is 0.591. The number of nitrogens with one attached hydrogen (secondary N) is 1. The monoisotopic (exact) mass is 395 g/mol. The Morgan fingerprint density at radius 3 is 2.21 bits per heavy atom. The summed E-state index contributed by atoms with van der Waals surface area (Å²) in [5.41, 5.74) is 3.85. The number of hydrogen-bond donors (Lipinski definition) is 1. The summed E-state index contributed by atoms with van der Waals surface area (Å²) < 4.78 is 34.7. The molecule has 1 N–H and O–H groups in total. The smallest absolute Gasteiger partial charge is 0.262 e. The first-order valence-electron chi connectivity index (χ1n) is 9.19. The van der Waals surface area contributed by atoms with E-state index in [2.05, 4.69) is 4.72 Å². The Hall–Kier alpha value is -2.79. The maximum Gasteiger partial charge on any atom is 0.262 e. The lowest BCUT2D eigenvalue weighted by Gasteiger charge is -2.18. The molecule has 146 valence electrons. The molecule has 5 heteroatoms. The molecule has 0 aromatic heterocycles. The van der Waals surface area contributed by atoms with E-state index >= 15 is 0 Å². The molecule has 0 amide bonds. The first-order chi connectivity index (χ1) is 13.3. The van der Waals surface area contributed by atoms with Crippen molar-refractivity contribution < 1.29 is 13.2 Å². The minimum Gasteiger partial charge on any atom is -0.496 e. The first kappa shape index (κ1) is 20.0. The van der Waals surface area contributed by atoms with Crippen LogP contribution in [-0.4, -0.2) is 15.5 Å². The van der Waals surface area contributed by atoms with E-state index in [0.29, 0.717) is 17.0 Å². The molecule has 0 atom stereocenters. The van der Waals surface area contributed by atoms with Crippen molar-refractivity contribution in [1.29, 1.82) is 0 Å². The highest BCUT2D eigenvalue weighted by atomic mass is 32.2. The number of benzene rings is 3. The van der Waals surface area contributed by atoms with Gasteiger partial charge in [-0.3, -0.25) is 4.72 Å². The second-order valence-electron chi connectivity index (χ2n) is 7.03. The van der Waals surface area contributed by atoms with Crippen LogP contribution in [0.4, 0.5) is 5.69 Å². The number of methoxy groups -OCH3 is 1. The summed E-state index contributed by atoms with van der Waals surface area (Å²) in [4.78, 5) is 0.264. The minimum absolute atomic E-state index is 0.140. The van der Waals surface area contributed by atoms with Crippen molar-refractivity contribution in [2.45, 2.75) is 31.6 Å². The maximum atomic E-state index is 13.2. The van der Waals surface area contributed by atoms with E-state index in [-0.39, 0.29) is 10.8 Å². The van der Waals surface area contributed by atoms with Crippen LogP contribution in [0.3, 0.4) is 0 Å². The number of anilines is 1. The summed E-state index contributed by atoms with van der Waals surface area (Å²) in [5, 5.41) is 0. The third-order valence-electron chi connectivity index (χ3n) is 4.69. The van der Waals surface area contributed by atoms with Crippen LogP contribution in [-0.2, 0) is 10.0 Å². The van der Waals surface area contributed by atoms with Crippen LogP contribution in [0.5, 0.6) is 5.75 Å². The molecule has 28 heavy (non-hydrogen) atoms. The van der Waals surface area contributed by atoms with Crippen LogP contribution in [0.2, 0.25) is 0 Å². The molecule has 3 aromatic rings. The van der Waals surface area contributed by atoms with E-state index in [0.717, 1.165) is 16.7 Å². The van der Waals surface area contributed by atoms with Gasteiger partial charge in [-0.1, -0.05) is 62.4 Å². The fourth-order valence-electron chi connectivity index (χ4n) is 3.24. The molecule has 0 radical (unpaired) electrons. The zero-order chi connectivity index (χ0) is 20.3. The van der Waals surface area contributed by atoms with Crippen LogP contribution in [0.15, 0.2) is 71.6 Å². The zero-order valence-corrected chi connectivity index (χ0v) is 17.4. The van der Waals surface area contributed by atoms with Gasteiger partial charge >= 0.3 is 0 Å². The van der Waals surface area contributed by atoms with Gasteiger partial charge in [0.2, 0.25) is 0 Å². The molecule has 0 unspecified atom stereocenters. The highest BCUT2D eigenvalue weighted by Crippen LogP contribution is 2.34. The van der Waals surface area contributed by atoms with Crippen LogP contribution in [0, 0.1) is 6.92 Å². The number of hydrogen-bond acceptors (Lipinski definition) is 3. The number of rotatable bonds is 6. The minimum atomic E-state index is -3.76. The van der Waals surface area contributed by atoms with Gasteiger partial charge in [-0.15, -0.1) is 0 Å². The number of aryl methyl sites for hydroxylation is 1. The van der Waals surface area contributed by atoms with Crippen molar-refractivity contribution in [2.24, 2.45) is 0 Å². The lowest BCUT2D eigenvalue weighted by molar-refractivity contribution is 0.406. The fourth-order valence-corrected chi connectivity index (χ4v) is 4.58. The van der Waals surface area contributed by atoms with E-state index < -0.39 is 10.0 Å². The SMILES string of the molecule is COc1cc(C)c(S(=O)(=O)Nc2ccccc2-c2ccccc2)cc1C(C)C. The molecule has 0 aliphatic carbocycles. The Balaban J connectivity index is 2.06. The molecule has 0 bridgehead atoms. The van der Waals surface area contributed by atoms with Crippen molar-refractivity contribution in [3.8, 4) is 16.9 Å². The van der Waals surface area contributed by atoms with Gasteiger partial charge < -0.3 is 4.74 Å². The van der Waals surface area contributed by atoms with Crippen LogP contribution in [0.1, 0.15) is 30.9 Å². The molecule has 0 heterocycles.